The van der Waals surface area contributed by atoms with Crippen molar-refractivity contribution in [3.8, 4) is 23.5 Å². The minimum Gasteiger partial charge on any atom is -0.481 e. The molecular weight excluding hydrogens is 406 g/mol. The minimum absolute atomic E-state index is 0.0130. The fraction of sp³-hybridized carbons (Fsp3) is 0.100. The van der Waals surface area contributed by atoms with Gasteiger partial charge in [-0.05, 0) is 18.2 Å². The van der Waals surface area contributed by atoms with Gasteiger partial charge in [-0.25, -0.2) is 5.43 Å². The lowest BCUT2D eigenvalue weighted by atomic mass is 10.2. The van der Waals surface area contributed by atoms with Gasteiger partial charge >= 0.3 is 6.01 Å². The summed E-state index contributed by atoms with van der Waals surface area (Å²) in [5.41, 5.74) is 2.34. The Balaban J connectivity index is 1.78. The number of hydrogen-bond donors (Lipinski definition) is 1. The zero-order chi connectivity index (χ0) is 22.2. The number of aromatic nitrogens is 2. The number of carbonyl (C=O) groups excluding carboxylic acids is 1. The standard InChI is InChI=1S/C20H17N5O6/c1-29-17-11-18(30-2)23-20(22-17)31-16-10-6-3-7-13(16)12-21-24-19(26)14-8-4-5-9-15(14)25(27)28/h3-12H,1-2H3,(H,24,26)/b21-12+. The zero-order valence-corrected chi connectivity index (χ0v) is 16.5. The Bertz CT molecular complexity index is 1110. The van der Waals surface area contributed by atoms with E-state index >= 15 is 0 Å². The van der Waals surface area contributed by atoms with E-state index in [1.807, 2.05) is 0 Å². The van der Waals surface area contributed by atoms with E-state index < -0.39 is 10.8 Å². The summed E-state index contributed by atoms with van der Waals surface area (Å²) in [6.07, 6.45) is 1.33. The highest BCUT2D eigenvalue weighted by Crippen LogP contribution is 2.25. The number of rotatable bonds is 8. The van der Waals surface area contributed by atoms with E-state index in [0.29, 0.717) is 11.3 Å². The molecule has 0 atom stereocenters. The summed E-state index contributed by atoms with van der Waals surface area (Å²) in [6, 6.07) is 13.9. The molecule has 11 nitrogen and oxygen atoms in total. The van der Waals surface area contributed by atoms with Gasteiger partial charge in [0.1, 0.15) is 11.3 Å². The van der Waals surface area contributed by atoms with Gasteiger partial charge in [0.25, 0.3) is 11.6 Å². The van der Waals surface area contributed by atoms with Crippen molar-refractivity contribution < 1.29 is 23.9 Å². The Labute approximate surface area is 176 Å². The number of methoxy groups -OCH3 is 2. The molecule has 1 amide bonds. The van der Waals surface area contributed by atoms with Crippen LogP contribution in [0.1, 0.15) is 15.9 Å². The molecule has 0 aliphatic heterocycles. The number of carbonyl (C=O) groups is 1. The Morgan fingerprint density at radius 3 is 2.39 bits per heavy atom. The van der Waals surface area contributed by atoms with E-state index in [0.717, 1.165) is 0 Å². The van der Waals surface area contributed by atoms with E-state index in [1.54, 1.807) is 24.3 Å². The van der Waals surface area contributed by atoms with Gasteiger partial charge in [-0.15, -0.1) is 0 Å². The number of nitrogens with one attached hydrogen (secondary N) is 1. The van der Waals surface area contributed by atoms with Gasteiger partial charge in [0.05, 0.1) is 31.4 Å². The summed E-state index contributed by atoms with van der Waals surface area (Å²) in [5.74, 6) is 0.138. The van der Waals surface area contributed by atoms with Crippen molar-refractivity contribution in [1.82, 2.24) is 15.4 Å². The molecule has 2 aromatic carbocycles. The number of benzene rings is 2. The van der Waals surface area contributed by atoms with Crippen LogP contribution < -0.4 is 19.6 Å². The number of hydrazone groups is 1. The van der Waals surface area contributed by atoms with Gasteiger partial charge in [-0.3, -0.25) is 14.9 Å². The van der Waals surface area contributed by atoms with Gasteiger partial charge < -0.3 is 14.2 Å². The van der Waals surface area contributed by atoms with Crippen molar-refractivity contribution >= 4 is 17.8 Å². The highest BCUT2D eigenvalue weighted by molar-refractivity contribution is 5.98. The van der Waals surface area contributed by atoms with E-state index in [-0.39, 0.29) is 29.0 Å². The maximum absolute atomic E-state index is 12.3. The Hall–Kier alpha value is -4.54. The second kappa shape index (κ2) is 9.78. The smallest absolute Gasteiger partial charge is 0.328 e. The number of nitrogens with zero attached hydrogens (tertiary/aromatic N) is 4. The average molecular weight is 423 g/mol. The molecule has 1 aromatic heterocycles. The van der Waals surface area contributed by atoms with Crippen LogP contribution in [0.25, 0.3) is 0 Å². The third kappa shape index (κ3) is 5.29. The normalized spacial score (nSPS) is 10.5. The molecule has 0 saturated heterocycles. The van der Waals surface area contributed by atoms with Gasteiger partial charge in [0.2, 0.25) is 11.8 Å². The number of nitro benzene ring substituents is 1. The minimum atomic E-state index is -0.720. The van der Waals surface area contributed by atoms with Crippen molar-refractivity contribution in [3.63, 3.8) is 0 Å². The van der Waals surface area contributed by atoms with Crippen molar-refractivity contribution in [2.75, 3.05) is 14.2 Å². The zero-order valence-electron chi connectivity index (χ0n) is 16.5. The van der Waals surface area contributed by atoms with Crippen LogP contribution in [0.5, 0.6) is 23.5 Å². The topological polar surface area (TPSA) is 138 Å². The molecule has 0 aliphatic rings. The molecule has 0 unspecified atom stereocenters. The van der Waals surface area contributed by atoms with E-state index in [1.165, 1.54) is 50.8 Å². The molecule has 1 heterocycles. The first kappa shape index (κ1) is 21.2. The predicted octanol–water partition coefficient (Wildman–Crippen LogP) is 2.96. The van der Waals surface area contributed by atoms with Crippen LogP contribution in [0.4, 0.5) is 5.69 Å². The molecule has 0 fully saturated rings. The summed E-state index contributed by atoms with van der Waals surface area (Å²) in [4.78, 5) is 30.9. The first-order chi connectivity index (χ1) is 15.0. The third-order valence-electron chi connectivity index (χ3n) is 3.91. The quantitative estimate of drug-likeness (QED) is 0.331. The highest BCUT2D eigenvalue weighted by Gasteiger charge is 2.18. The third-order valence-corrected chi connectivity index (χ3v) is 3.91. The first-order valence-corrected chi connectivity index (χ1v) is 8.82. The molecule has 0 spiro atoms. The number of para-hydroxylation sites is 2. The number of amides is 1. The second-order valence-electron chi connectivity index (χ2n) is 5.85. The van der Waals surface area contributed by atoms with Crippen LogP contribution in [0.2, 0.25) is 0 Å². The summed E-state index contributed by atoms with van der Waals surface area (Å²) in [5, 5.41) is 14.9. The molecule has 3 aromatic rings. The van der Waals surface area contributed by atoms with Crippen molar-refractivity contribution in [1.29, 1.82) is 0 Å². The van der Waals surface area contributed by atoms with Gasteiger partial charge in [0, 0.05) is 11.6 Å². The van der Waals surface area contributed by atoms with Gasteiger partial charge in [-0.2, -0.15) is 15.1 Å². The van der Waals surface area contributed by atoms with E-state index in [9.17, 15) is 14.9 Å². The fourth-order valence-corrected chi connectivity index (χ4v) is 2.46. The molecule has 0 aliphatic carbocycles. The van der Waals surface area contributed by atoms with E-state index in [4.69, 9.17) is 14.2 Å². The molecule has 158 valence electrons. The Kier molecular flexibility index (Phi) is 6.68. The summed E-state index contributed by atoms with van der Waals surface area (Å²) < 4.78 is 15.9. The van der Waals surface area contributed by atoms with Crippen LogP contribution in [-0.2, 0) is 0 Å². The maximum Gasteiger partial charge on any atom is 0.328 e. The first-order valence-electron chi connectivity index (χ1n) is 8.82. The predicted molar refractivity (Wildman–Crippen MR) is 110 cm³/mol. The summed E-state index contributed by atoms with van der Waals surface area (Å²) in [6.45, 7) is 0. The lowest BCUT2D eigenvalue weighted by molar-refractivity contribution is -0.385. The van der Waals surface area contributed by atoms with Gasteiger partial charge in [0.15, 0.2) is 0 Å². The number of hydrogen-bond acceptors (Lipinski definition) is 9. The summed E-state index contributed by atoms with van der Waals surface area (Å²) >= 11 is 0. The highest BCUT2D eigenvalue weighted by atomic mass is 16.6. The lowest BCUT2D eigenvalue weighted by Crippen LogP contribution is -2.19. The Morgan fingerprint density at radius 1 is 1.06 bits per heavy atom. The largest absolute Gasteiger partial charge is 0.481 e. The van der Waals surface area contributed by atoms with Crippen LogP contribution in [-0.4, -0.2) is 41.2 Å². The maximum atomic E-state index is 12.3. The molecule has 0 radical (unpaired) electrons. The molecule has 0 saturated carbocycles. The molecule has 31 heavy (non-hydrogen) atoms. The monoisotopic (exact) mass is 423 g/mol. The van der Waals surface area contributed by atoms with Crippen molar-refractivity contribution in [3.05, 3.63) is 75.8 Å². The molecule has 1 N–H and O–H groups in total. The summed E-state index contributed by atoms with van der Waals surface area (Å²) in [7, 11) is 2.90. The second-order valence-corrected chi connectivity index (χ2v) is 5.85. The van der Waals surface area contributed by atoms with Crippen molar-refractivity contribution in [2.24, 2.45) is 5.10 Å². The van der Waals surface area contributed by atoms with Crippen LogP contribution in [0, 0.1) is 10.1 Å². The molecule has 11 heteroatoms. The molecule has 3 rings (SSSR count). The van der Waals surface area contributed by atoms with Crippen LogP contribution in [0.3, 0.4) is 0 Å². The van der Waals surface area contributed by atoms with Crippen LogP contribution >= 0.6 is 0 Å². The number of nitro groups is 1. The average Bonchev–Trinajstić information content (AvgIpc) is 2.79. The molecular formula is C20H17N5O6. The fourth-order valence-electron chi connectivity index (χ4n) is 2.46. The van der Waals surface area contributed by atoms with E-state index in [2.05, 4.69) is 20.5 Å². The lowest BCUT2D eigenvalue weighted by Gasteiger charge is -2.09. The van der Waals surface area contributed by atoms with Crippen molar-refractivity contribution in [2.45, 2.75) is 0 Å². The SMILES string of the molecule is COc1cc(OC)nc(Oc2ccccc2/C=N/NC(=O)c2ccccc2[N+](=O)[O-])n1. The van der Waals surface area contributed by atoms with Gasteiger partial charge in [-0.1, -0.05) is 24.3 Å². The molecule has 0 bridgehead atoms. The number of ether oxygens (including phenoxy) is 3. The van der Waals surface area contributed by atoms with Crippen LogP contribution in [0.15, 0.2) is 59.7 Å². The Morgan fingerprint density at radius 2 is 1.71 bits per heavy atom.